The van der Waals surface area contributed by atoms with Crippen LogP contribution in [0.4, 0.5) is 0 Å². The highest BCUT2D eigenvalue weighted by molar-refractivity contribution is 7.86. The van der Waals surface area contributed by atoms with Crippen LogP contribution >= 0.6 is 13.5 Å². The average Bonchev–Trinajstić information content (AvgIpc) is 3.23. The zero-order chi connectivity index (χ0) is 21.4. The molecule has 1 heterocycles. The van der Waals surface area contributed by atoms with E-state index >= 15 is 0 Å². The molecule has 0 radical (unpaired) electrons. The zero-order valence-electron chi connectivity index (χ0n) is 16.7. The predicted molar refractivity (Wildman–Crippen MR) is 118 cm³/mol. The molecule has 0 amide bonds. The van der Waals surface area contributed by atoms with Crippen molar-refractivity contribution < 1.29 is 26.9 Å². The summed E-state index contributed by atoms with van der Waals surface area (Å²) in [6.07, 6.45) is 3.25. The van der Waals surface area contributed by atoms with Crippen molar-refractivity contribution >= 4 is 29.6 Å². The minimum atomic E-state index is -3.68. The van der Waals surface area contributed by atoms with Crippen molar-refractivity contribution in [3.63, 3.8) is 0 Å². The summed E-state index contributed by atoms with van der Waals surface area (Å²) in [5.74, 6) is 0.00479. The molecular formula is C20H23N3O6S2. The smallest absolute Gasteiger partial charge is 0.338 e. The number of hydrogen-bond donors (Lipinski definition) is 0. The number of benzene rings is 2. The van der Waals surface area contributed by atoms with Crippen LogP contribution in [0.25, 0.3) is 0 Å². The second-order valence-electron chi connectivity index (χ2n) is 6.44. The van der Waals surface area contributed by atoms with E-state index in [4.69, 9.17) is 13.7 Å². The molecule has 3 aromatic rings. The van der Waals surface area contributed by atoms with Crippen LogP contribution in [-0.2, 0) is 32.2 Å². The van der Waals surface area contributed by atoms with Gasteiger partial charge in [-0.25, -0.2) is 9.48 Å². The van der Waals surface area contributed by atoms with Crippen molar-refractivity contribution in [3.8, 4) is 5.75 Å². The van der Waals surface area contributed by atoms with Crippen LogP contribution in [0.3, 0.4) is 0 Å². The van der Waals surface area contributed by atoms with Gasteiger partial charge in [-0.15, -0.1) is 5.10 Å². The van der Waals surface area contributed by atoms with Gasteiger partial charge in [-0.2, -0.15) is 21.9 Å². The fraction of sp³-hybridized carbons (Fsp3) is 0.250. The van der Waals surface area contributed by atoms with E-state index < -0.39 is 22.2 Å². The highest BCUT2D eigenvalue weighted by atomic mass is 32.2. The van der Waals surface area contributed by atoms with Gasteiger partial charge in [0.05, 0.1) is 24.6 Å². The fourth-order valence-electron chi connectivity index (χ4n) is 2.58. The van der Waals surface area contributed by atoms with Crippen molar-refractivity contribution in [1.29, 1.82) is 0 Å². The first-order valence-electron chi connectivity index (χ1n) is 9.05. The maximum atomic E-state index is 12.2. The van der Waals surface area contributed by atoms with Crippen molar-refractivity contribution in [2.45, 2.75) is 19.3 Å². The molecule has 0 spiro atoms. The minimum absolute atomic E-state index is 0. The van der Waals surface area contributed by atoms with Gasteiger partial charge in [0.25, 0.3) is 10.1 Å². The van der Waals surface area contributed by atoms with Gasteiger partial charge in [-0.1, -0.05) is 35.5 Å². The number of aromatic nitrogens is 3. The van der Waals surface area contributed by atoms with E-state index in [1.165, 1.54) is 10.9 Å². The van der Waals surface area contributed by atoms with Gasteiger partial charge >= 0.3 is 5.97 Å². The van der Waals surface area contributed by atoms with Crippen molar-refractivity contribution in [1.82, 2.24) is 15.0 Å². The van der Waals surface area contributed by atoms with Crippen molar-refractivity contribution in [3.05, 3.63) is 78.1 Å². The molecule has 31 heavy (non-hydrogen) atoms. The van der Waals surface area contributed by atoms with Crippen LogP contribution in [-0.4, -0.2) is 48.3 Å². The number of hydrogen-bond acceptors (Lipinski definition) is 8. The summed E-state index contributed by atoms with van der Waals surface area (Å²) >= 11 is 0. The highest BCUT2D eigenvalue weighted by Gasteiger charge is 2.18. The summed E-state index contributed by atoms with van der Waals surface area (Å²) in [5.41, 5.74) is 1.28. The molecule has 0 fully saturated rings. The Morgan fingerprint density at radius 2 is 1.81 bits per heavy atom. The number of rotatable bonds is 10. The first kappa shape index (κ1) is 24.4. The number of carbonyl (C=O) groups excluding carboxylic acids is 1. The average molecular weight is 466 g/mol. The first-order valence-corrected chi connectivity index (χ1v) is 10.9. The zero-order valence-corrected chi connectivity index (χ0v) is 18.6. The number of ether oxygens (including phenoxy) is 2. The molecule has 1 atom stereocenters. The molecule has 11 heteroatoms. The SMILES string of the molecule is CS(=O)(=O)OC(COc1ccc(C(=O)OCc2ccccc2)cc1)Cn1ccnn1.S. The summed E-state index contributed by atoms with van der Waals surface area (Å²) in [6.45, 7) is 0.298. The standard InChI is InChI=1S/C20H21N3O6S.H2S/c1-30(25,26)29-19(13-23-12-11-21-22-23)15-27-18-9-7-17(8-10-18)20(24)28-14-16-5-3-2-4-6-16;/h2-12,19H,13-15H2,1H3;1H2. The van der Waals surface area contributed by atoms with E-state index in [0.717, 1.165) is 11.8 Å². The third-order valence-electron chi connectivity index (χ3n) is 3.91. The molecule has 0 aliphatic heterocycles. The van der Waals surface area contributed by atoms with Crippen LogP contribution in [0.2, 0.25) is 0 Å². The van der Waals surface area contributed by atoms with Crippen molar-refractivity contribution in [2.75, 3.05) is 12.9 Å². The van der Waals surface area contributed by atoms with Crippen LogP contribution in [0.5, 0.6) is 5.75 Å². The van der Waals surface area contributed by atoms with Crippen LogP contribution in [0.1, 0.15) is 15.9 Å². The Labute approximate surface area is 187 Å². The lowest BCUT2D eigenvalue weighted by Gasteiger charge is -2.17. The van der Waals surface area contributed by atoms with Gasteiger partial charge in [0.1, 0.15) is 25.1 Å². The fourth-order valence-corrected chi connectivity index (χ4v) is 3.19. The van der Waals surface area contributed by atoms with Gasteiger partial charge in [0.15, 0.2) is 0 Å². The summed E-state index contributed by atoms with van der Waals surface area (Å²) in [6, 6.07) is 15.7. The summed E-state index contributed by atoms with van der Waals surface area (Å²) in [7, 11) is -3.68. The van der Waals surface area contributed by atoms with Crippen LogP contribution in [0, 0.1) is 0 Å². The van der Waals surface area contributed by atoms with Gasteiger partial charge in [-0.05, 0) is 29.8 Å². The monoisotopic (exact) mass is 465 g/mol. The molecule has 0 aliphatic carbocycles. The van der Waals surface area contributed by atoms with Gasteiger partial charge < -0.3 is 9.47 Å². The molecule has 0 aliphatic rings. The molecule has 1 unspecified atom stereocenters. The summed E-state index contributed by atoms with van der Waals surface area (Å²) in [4.78, 5) is 12.2. The quantitative estimate of drug-likeness (QED) is 0.331. The molecule has 0 saturated heterocycles. The molecule has 2 aromatic carbocycles. The number of carbonyl (C=O) groups is 1. The van der Waals surface area contributed by atoms with E-state index in [0.29, 0.717) is 11.3 Å². The molecular weight excluding hydrogens is 442 g/mol. The van der Waals surface area contributed by atoms with E-state index in [9.17, 15) is 13.2 Å². The Hall–Kier alpha value is -2.89. The Bertz CT molecular complexity index is 1040. The topological polar surface area (TPSA) is 110 Å². The molecule has 1 aromatic heterocycles. The molecule has 3 rings (SSSR count). The largest absolute Gasteiger partial charge is 0.491 e. The van der Waals surface area contributed by atoms with Gasteiger partial charge in [0, 0.05) is 6.20 Å². The van der Waals surface area contributed by atoms with Gasteiger partial charge in [0.2, 0.25) is 0 Å². The molecule has 0 N–H and O–H groups in total. The Morgan fingerprint density at radius 1 is 1.10 bits per heavy atom. The second kappa shape index (κ2) is 11.5. The lowest BCUT2D eigenvalue weighted by molar-refractivity contribution is 0.0472. The number of nitrogens with zero attached hydrogens (tertiary/aromatic N) is 3. The summed E-state index contributed by atoms with van der Waals surface area (Å²) < 4.78 is 40.4. The van der Waals surface area contributed by atoms with Crippen molar-refractivity contribution in [2.24, 2.45) is 0 Å². The lowest BCUT2D eigenvalue weighted by atomic mass is 10.2. The molecule has 0 bridgehead atoms. The maximum absolute atomic E-state index is 12.2. The molecule has 0 saturated carbocycles. The lowest BCUT2D eigenvalue weighted by Crippen LogP contribution is -2.29. The summed E-state index contributed by atoms with van der Waals surface area (Å²) in [5, 5.41) is 7.47. The first-order chi connectivity index (χ1) is 14.4. The van der Waals surface area contributed by atoms with E-state index in [1.54, 1.807) is 30.5 Å². The third kappa shape index (κ3) is 8.40. The van der Waals surface area contributed by atoms with E-state index in [1.807, 2.05) is 30.3 Å². The Kier molecular flexibility index (Phi) is 9.03. The molecule has 166 valence electrons. The number of esters is 1. The second-order valence-corrected chi connectivity index (χ2v) is 8.05. The Balaban J connectivity index is 0.00000341. The van der Waals surface area contributed by atoms with E-state index in [-0.39, 0.29) is 33.3 Å². The van der Waals surface area contributed by atoms with Gasteiger partial charge in [-0.3, -0.25) is 4.18 Å². The van der Waals surface area contributed by atoms with E-state index in [2.05, 4.69) is 10.3 Å². The van der Waals surface area contributed by atoms with Crippen LogP contribution in [0.15, 0.2) is 67.0 Å². The molecule has 9 nitrogen and oxygen atoms in total. The Morgan fingerprint density at radius 3 is 2.42 bits per heavy atom. The third-order valence-corrected chi connectivity index (χ3v) is 4.53. The maximum Gasteiger partial charge on any atom is 0.338 e. The minimum Gasteiger partial charge on any atom is -0.491 e. The van der Waals surface area contributed by atoms with Crippen LogP contribution < -0.4 is 4.74 Å². The highest BCUT2D eigenvalue weighted by Crippen LogP contribution is 2.15. The predicted octanol–water partition coefficient (Wildman–Crippen LogP) is 2.17. The normalized spacial score (nSPS) is 11.9.